The Kier molecular flexibility index (Phi) is 4.29. The van der Waals surface area contributed by atoms with Gasteiger partial charge in [-0.05, 0) is 31.0 Å². The predicted octanol–water partition coefficient (Wildman–Crippen LogP) is 2.94. The molecule has 1 saturated heterocycles. The standard InChI is InChI=1S/C18H22N2O2/c1-3-14-4-6-15(7-5-14)16-8-9-17(22-16)18(21)20-11-10-19-12-13(20)2/h4-9,13,19H,3,10-12H2,1-2H3. The quantitative estimate of drug-likeness (QED) is 0.947. The second kappa shape index (κ2) is 6.36. The van der Waals surface area contributed by atoms with Crippen LogP contribution in [0, 0.1) is 0 Å². The molecular weight excluding hydrogens is 276 g/mol. The van der Waals surface area contributed by atoms with Crippen molar-refractivity contribution < 1.29 is 9.21 Å². The molecule has 22 heavy (non-hydrogen) atoms. The lowest BCUT2D eigenvalue weighted by Crippen LogP contribution is -2.52. The van der Waals surface area contributed by atoms with Crippen LogP contribution in [0.25, 0.3) is 11.3 Å². The number of furan rings is 1. The fraction of sp³-hybridized carbons (Fsp3) is 0.389. The SMILES string of the molecule is CCc1ccc(-c2ccc(C(=O)N3CCNCC3C)o2)cc1. The number of amides is 1. The molecule has 1 unspecified atom stereocenters. The third kappa shape index (κ3) is 2.92. The Morgan fingerprint density at radius 1 is 1.27 bits per heavy atom. The second-order valence-electron chi connectivity index (χ2n) is 5.77. The summed E-state index contributed by atoms with van der Waals surface area (Å²) in [4.78, 5) is 14.4. The van der Waals surface area contributed by atoms with Crippen molar-refractivity contribution in [1.29, 1.82) is 0 Å². The average molecular weight is 298 g/mol. The smallest absolute Gasteiger partial charge is 0.289 e. The third-order valence-electron chi connectivity index (χ3n) is 4.23. The molecule has 116 valence electrons. The summed E-state index contributed by atoms with van der Waals surface area (Å²) in [6.45, 7) is 6.58. The number of hydrogen-bond donors (Lipinski definition) is 1. The van der Waals surface area contributed by atoms with E-state index in [1.54, 1.807) is 6.07 Å². The summed E-state index contributed by atoms with van der Waals surface area (Å²) < 4.78 is 5.79. The molecule has 4 nitrogen and oxygen atoms in total. The highest BCUT2D eigenvalue weighted by atomic mass is 16.4. The molecule has 3 rings (SSSR count). The van der Waals surface area contributed by atoms with E-state index in [1.807, 2.05) is 23.1 Å². The largest absolute Gasteiger partial charge is 0.451 e. The van der Waals surface area contributed by atoms with Crippen LogP contribution in [0.2, 0.25) is 0 Å². The molecule has 1 fully saturated rings. The molecule has 1 aromatic carbocycles. The van der Waals surface area contributed by atoms with Crippen molar-refractivity contribution in [3.05, 3.63) is 47.7 Å². The van der Waals surface area contributed by atoms with Crippen molar-refractivity contribution >= 4 is 5.91 Å². The number of rotatable bonds is 3. The van der Waals surface area contributed by atoms with Gasteiger partial charge in [0.15, 0.2) is 5.76 Å². The summed E-state index contributed by atoms with van der Waals surface area (Å²) in [7, 11) is 0. The van der Waals surface area contributed by atoms with Gasteiger partial charge in [0.25, 0.3) is 5.91 Å². The van der Waals surface area contributed by atoms with Gasteiger partial charge in [0.2, 0.25) is 0 Å². The average Bonchev–Trinajstić information content (AvgIpc) is 3.05. The molecule has 2 heterocycles. The van der Waals surface area contributed by atoms with Gasteiger partial charge in [0, 0.05) is 31.2 Å². The summed E-state index contributed by atoms with van der Waals surface area (Å²) in [6.07, 6.45) is 1.02. The van der Waals surface area contributed by atoms with E-state index in [-0.39, 0.29) is 11.9 Å². The summed E-state index contributed by atoms with van der Waals surface area (Å²) in [5, 5.41) is 3.29. The van der Waals surface area contributed by atoms with E-state index >= 15 is 0 Å². The van der Waals surface area contributed by atoms with Crippen molar-refractivity contribution in [1.82, 2.24) is 10.2 Å². The molecule has 0 saturated carbocycles. The topological polar surface area (TPSA) is 45.5 Å². The molecule has 1 aliphatic rings. The van der Waals surface area contributed by atoms with Gasteiger partial charge >= 0.3 is 0 Å². The van der Waals surface area contributed by atoms with Crippen molar-refractivity contribution in [3.63, 3.8) is 0 Å². The number of carbonyl (C=O) groups excluding carboxylic acids is 1. The highest BCUT2D eigenvalue weighted by Gasteiger charge is 2.26. The molecule has 1 N–H and O–H groups in total. The van der Waals surface area contributed by atoms with Crippen LogP contribution in [0.1, 0.15) is 30.0 Å². The molecular formula is C18H22N2O2. The van der Waals surface area contributed by atoms with Crippen LogP contribution in [0.4, 0.5) is 0 Å². The Morgan fingerprint density at radius 2 is 2.05 bits per heavy atom. The monoisotopic (exact) mass is 298 g/mol. The van der Waals surface area contributed by atoms with E-state index in [4.69, 9.17) is 4.42 Å². The lowest BCUT2D eigenvalue weighted by atomic mass is 10.1. The summed E-state index contributed by atoms with van der Waals surface area (Å²) in [5.74, 6) is 1.14. The van der Waals surface area contributed by atoms with E-state index in [0.29, 0.717) is 5.76 Å². The number of carbonyl (C=O) groups is 1. The molecule has 1 aromatic heterocycles. The first-order valence-electron chi connectivity index (χ1n) is 7.90. The van der Waals surface area contributed by atoms with Crippen molar-refractivity contribution in [2.45, 2.75) is 26.3 Å². The van der Waals surface area contributed by atoms with Crippen LogP contribution in [0.15, 0.2) is 40.8 Å². The Hall–Kier alpha value is -2.07. The summed E-state index contributed by atoms with van der Waals surface area (Å²) >= 11 is 0. The molecule has 1 amide bonds. The van der Waals surface area contributed by atoms with Crippen LogP contribution in [0.3, 0.4) is 0 Å². The summed E-state index contributed by atoms with van der Waals surface area (Å²) in [6, 6.07) is 12.1. The van der Waals surface area contributed by atoms with Gasteiger partial charge in [-0.25, -0.2) is 0 Å². The summed E-state index contributed by atoms with van der Waals surface area (Å²) in [5.41, 5.74) is 2.30. The van der Waals surface area contributed by atoms with E-state index < -0.39 is 0 Å². The molecule has 2 aromatic rings. The molecule has 0 spiro atoms. The van der Waals surface area contributed by atoms with Crippen molar-refractivity contribution in [2.75, 3.05) is 19.6 Å². The number of nitrogens with zero attached hydrogens (tertiary/aromatic N) is 1. The van der Waals surface area contributed by atoms with Crippen LogP contribution >= 0.6 is 0 Å². The normalized spacial score (nSPS) is 18.5. The van der Waals surface area contributed by atoms with Gasteiger partial charge in [0.05, 0.1) is 0 Å². The zero-order valence-corrected chi connectivity index (χ0v) is 13.1. The first kappa shape index (κ1) is 14.9. The van der Waals surface area contributed by atoms with Gasteiger partial charge in [0.1, 0.15) is 5.76 Å². The highest BCUT2D eigenvalue weighted by Crippen LogP contribution is 2.24. The first-order valence-corrected chi connectivity index (χ1v) is 7.90. The minimum Gasteiger partial charge on any atom is -0.451 e. The third-order valence-corrected chi connectivity index (χ3v) is 4.23. The maximum atomic E-state index is 12.6. The van der Waals surface area contributed by atoms with Crippen molar-refractivity contribution in [3.8, 4) is 11.3 Å². The zero-order chi connectivity index (χ0) is 15.5. The Balaban J connectivity index is 1.79. The minimum absolute atomic E-state index is 0.0228. The molecule has 1 aliphatic heterocycles. The molecule has 0 radical (unpaired) electrons. The fourth-order valence-corrected chi connectivity index (χ4v) is 2.80. The van der Waals surface area contributed by atoms with Gasteiger partial charge < -0.3 is 14.6 Å². The maximum absolute atomic E-state index is 12.6. The van der Waals surface area contributed by atoms with Crippen LogP contribution in [-0.4, -0.2) is 36.5 Å². The number of benzene rings is 1. The van der Waals surface area contributed by atoms with E-state index in [0.717, 1.165) is 37.4 Å². The molecule has 0 bridgehead atoms. The number of aryl methyl sites for hydroxylation is 1. The predicted molar refractivity (Wildman–Crippen MR) is 86.9 cm³/mol. The molecule has 4 heteroatoms. The maximum Gasteiger partial charge on any atom is 0.289 e. The van der Waals surface area contributed by atoms with Gasteiger partial charge in [-0.2, -0.15) is 0 Å². The fourth-order valence-electron chi connectivity index (χ4n) is 2.80. The minimum atomic E-state index is -0.0228. The number of nitrogens with one attached hydrogen (secondary N) is 1. The zero-order valence-electron chi connectivity index (χ0n) is 13.1. The lowest BCUT2D eigenvalue weighted by Gasteiger charge is -2.33. The Labute approximate surface area is 131 Å². The van der Waals surface area contributed by atoms with E-state index in [1.165, 1.54) is 5.56 Å². The molecule has 0 aliphatic carbocycles. The number of hydrogen-bond acceptors (Lipinski definition) is 3. The number of piperazine rings is 1. The van der Waals surface area contributed by atoms with Gasteiger partial charge in [-0.3, -0.25) is 4.79 Å². The van der Waals surface area contributed by atoms with Crippen LogP contribution < -0.4 is 5.32 Å². The second-order valence-corrected chi connectivity index (χ2v) is 5.77. The lowest BCUT2D eigenvalue weighted by molar-refractivity contribution is 0.0624. The van der Waals surface area contributed by atoms with Crippen molar-refractivity contribution in [2.24, 2.45) is 0 Å². The molecule has 1 atom stereocenters. The Morgan fingerprint density at radius 3 is 2.73 bits per heavy atom. The first-order chi connectivity index (χ1) is 10.7. The van der Waals surface area contributed by atoms with Crippen LogP contribution in [0.5, 0.6) is 0 Å². The van der Waals surface area contributed by atoms with E-state index in [9.17, 15) is 4.79 Å². The van der Waals surface area contributed by atoms with Gasteiger partial charge in [-0.15, -0.1) is 0 Å². The van der Waals surface area contributed by atoms with Gasteiger partial charge in [-0.1, -0.05) is 31.2 Å². The Bertz CT molecular complexity index is 645. The van der Waals surface area contributed by atoms with E-state index in [2.05, 4.69) is 31.3 Å². The highest BCUT2D eigenvalue weighted by molar-refractivity contribution is 5.92. The van der Waals surface area contributed by atoms with Crippen LogP contribution in [-0.2, 0) is 6.42 Å².